The number of hydrogen-bond donors (Lipinski definition) is 0. The van der Waals surface area contributed by atoms with E-state index in [4.69, 9.17) is 4.74 Å². The zero-order valence-electron chi connectivity index (χ0n) is 10.8. The Kier molecular flexibility index (Phi) is 7.26. The van der Waals surface area contributed by atoms with Crippen LogP contribution in [-0.4, -0.2) is 37.2 Å². The summed E-state index contributed by atoms with van der Waals surface area (Å²) in [5, 5.41) is 0. The van der Waals surface area contributed by atoms with E-state index in [0.29, 0.717) is 0 Å². The van der Waals surface area contributed by atoms with Crippen LogP contribution in [0.15, 0.2) is 43.2 Å². The molecule has 0 unspecified atom stereocenters. The molecule has 17 heavy (non-hydrogen) atoms. The summed E-state index contributed by atoms with van der Waals surface area (Å²) in [5.74, 6) is 0. The van der Waals surface area contributed by atoms with Gasteiger partial charge in [-0.1, -0.05) is 36.9 Å². The third-order valence-corrected chi connectivity index (χ3v) is 2.60. The molecule has 0 aliphatic rings. The molecule has 1 N–H and O–H groups in total. The van der Waals surface area contributed by atoms with Gasteiger partial charge in [-0.2, -0.15) is 0 Å². The van der Waals surface area contributed by atoms with Gasteiger partial charge in [-0.05, 0) is 0 Å². The highest BCUT2D eigenvalue weighted by molar-refractivity contribution is 5.13. The average molecular weight is 237 g/mol. The molecule has 0 spiro atoms. The maximum atomic E-state index is 5.13. The summed E-state index contributed by atoms with van der Waals surface area (Å²) in [5.41, 5.74) is 1.39. The molecule has 0 bridgehead atoms. The van der Waals surface area contributed by atoms with Crippen molar-refractivity contribution in [3.8, 4) is 0 Å². The van der Waals surface area contributed by atoms with Gasteiger partial charge >= 0.3 is 0 Å². The van der Waals surface area contributed by atoms with Crippen LogP contribution in [0.2, 0.25) is 0 Å². The maximum Gasteiger partial charge on any atom is 0.104 e. The molecule has 0 fully saturated rings. The number of hydrogen-bond acceptors (Lipinski definition) is 2. The zero-order valence-corrected chi connectivity index (χ0v) is 10.8. The number of ether oxygens (including phenoxy) is 1. The molecule has 0 aromatic heterocycles. The average Bonchev–Trinajstić information content (AvgIpc) is 2.25. The van der Waals surface area contributed by atoms with Crippen molar-refractivity contribution in [1.29, 1.82) is 0 Å². The van der Waals surface area contributed by atoms with E-state index in [1.54, 1.807) is 0 Å². The molecule has 3 heteroatoms. The van der Waals surface area contributed by atoms with Crippen molar-refractivity contribution >= 4 is 0 Å². The molecule has 0 saturated carbocycles. The van der Waals surface area contributed by atoms with Crippen LogP contribution in [-0.2, 0) is 11.3 Å². The van der Waals surface area contributed by atoms with Gasteiger partial charge in [0.1, 0.15) is 6.54 Å². The van der Waals surface area contributed by atoms with Gasteiger partial charge in [0.05, 0.1) is 33.5 Å². The second-order valence-electron chi connectivity index (χ2n) is 4.69. The van der Waals surface area contributed by atoms with E-state index in [9.17, 15) is 0 Å². The normalized spacial score (nSPS) is 10.5. The first kappa shape index (κ1) is 15.7. The van der Waals surface area contributed by atoms with Crippen molar-refractivity contribution in [2.24, 2.45) is 0 Å². The number of nitrogens with zero attached hydrogens (tertiary/aromatic N) is 1. The Morgan fingerprint density at radius 1 is 1.24 bits per heavy atom. The van der Waals surface area contributed by atoms with E-state index in [-0.39, 0.29) is 5.48 Å². The molecule has 0 saturated heterocycles. The molecular formula is C14H23NO2. The molecule has 0 atom stereocenters. The molecule has 0 aliphatic carbocycles. The lowest BCUT2D eigenvalue weighted by atomic mass is 10.2. The first-order chi connectivity index (χ1) is 7.64. The predicted octanol–water partition coefficient (Wildman–Crippen LogP) is 2.64. The largest absolute Gasteiger partial charge is 0.870 e. The zero-order chi connectivity index (χ0) is 11.9. The molecule has 0 heterocycles. The Morgan fingerprint density at radius 3 is 2.47 bits per heavy atom. The molecule has 1 aromatic rings. The third kappa shape index (κ3) is 6.76. The molecule has 1 rings (SSSR count). The minimum absolute atomic E-state index is 0. The fourth-order valence-corrected chi connectivity index (χ4v) is 1.82. The molecule has 3 nitrogen and oxygen atoms in total. The van der Waals surface area contributed by atoms with Crippen LogP contribution < -0.4 is 0 Å². The van der Waals surface area contributed by atoms with E-state index in [2.05, 4.69) is 51.0 Å². The lowest BCUT2D eigenvalue weighted by Gasteiger charge is -2.29. The van der Waals surface area contributed by atoms with Gasteiger partial charge in [-0.3, -0.25) is 0 Å². The summed E-state index contributed by atoms with van der Waals surface area (Å²) in [6, 6.07) is 10.6. The predicted molar refractivity (Wildman–Crippen MR) is 69.8 cm³/mol. The Hall–Kier alpha value is -1.32. The Bertz CT molecular complexity index is 309. The van der Waals surface area contributed by atoms with E-state index < -0.39 is 0 Å². The molecule has 0 amide bonds. The Labute approximate surface area is 104 Å². The van der Waals surface area contributed by atoms with Gasteiger partial charge in [0.2, 0.25) is 0 Å². The number of rotatable bonds is 7. The summed E-state index contributed by atoms with van der Waals surface area (Å²) in [7, 11) is 4.50. The summed E-state index contributed by atoms with van der Waals surface area (Å²) in [4.78, 5) is 0. The Balaban J connectivity index is 0.00000256. The van der Waals surface area contributed by atoms with Crippen molar-refractivity contribution in [3.05, 3.63) is 48.7 Å². The summed E-state index contributed by atoms with van der Waals surface area (Å²) in [6.07, 6.45) is 2.57. The highest BCUT2D eigenvalue weighted by atomic mass is 16.5. The fourth-order valence-electron chi connectivity index (χ4n) is 1.82. The minimum Gasteiger partial charge on any atom is -0.870 e. The van der Waals surface area contributed by atoms with Crippen LogP contribution in [0.4, 0.5) is 0 Å². The molecule has 0 radical (unpaired) electrons. The number of benzene rings is 1. The lowest BCUT2D eigenvalue weighted by molar-refractivity contribution is -0.903. The van der Waals surface area contributed by atoms with E-state index >= 15 is 0 Å². The first-order valence-electron chi connectivity index (χ1n) is 5.72. The lowest BCUT2D eigenvalue weighted by Crippen LogP contribution is -2.39. The maximum absolute atomic E-state index is 5.13. The van der Waals surface area contributed by atoms with Crippen LogP contribution in [0, 0.1) is 0 Å². The fraction of sp³-hybridized carbons (Fsp3) is 0.429. The summed E-state index contributed by atoms with van der Waals surface area (Å²) >= 11 is 0. The van der Waals surface area contributed by atoms with Gasteiger partial charge in [0.15, 0.2) is 0 Å². The van der Waals surface area contributed by atoms with Crippen molar-refractivity contribution in [1.82, 2.24) is 0 Å². The summed E-state index contributed by atoms with van der Waals surface area (Å²) < 4.78 is 6.12. The van der Waals surface area contributed by atoms with Gasteiger partial charge < -0.3 is 14.7 Å². The highest BCUT2D eigenvalue weighted by Gasteiger charge is 2.14. The monoisotopic (exact) mass is 237 g/mol. The molecular weight excluding hydrogens is 214 g/mol. The van der Waals surface area contributed by atoms with Gasteiger partial charge in [-0.25, -0.2) is 0 Å². The van der Waals surface area contributed by atoms with Crippen LogP contribution >= 0.6 is 0 Å². The van der Waals surface area contributed by atoms with Crippen molar-refractivity contribution in [2.75, 3.05) is 27.2 Å². The molecule has 1 aromatic carbocycles. The van der Waals surface area contributed by atoms with Crippen LogP contribution in [0.1, 0.15) is 12.0 Å². The molecule has 0 aliphatic heterocycles. The highest BCUT2D eigenvalue weighted by Crippen LogP contribution is 2.09. The molecule has 96 valence electrons. The number of quaternary nitrogens is 1. The smallest absolute Gasteiger partial charge is 0.104 e. The van der Waals surface area contributed by atoms with Crippen LogP contribution in [0.25, 0.3) is 0 Å². The van der Waals surface area contributed by atoms with Crippen molar-refractivity contribution in [2.45, 2.75) is 13.0 Å². The first-order valence-corrected chi connectivity index (χ1v) is 5.72. The van der Waals surface area contributed by atoms with Gasteiger partial charge in [-0.15, -0.1) is 0 Å². The van der Waals surface area contributed by atoms with Crippen molar-refractivity contribution < 1.29 is 14.7 Å². The quantitative estimate of drug-likeness (QED) is 0.415. The van der Waals surface area contributed by atoms with Crippen LogP contribution in [0.5, 0.6) is 0 Å². The summed E-state index contributed by atoms with van der Waals surface area (Å²) in [6.45, 7) is 6.48. The standard InChI is InChI=1S/C14H22NO.H2O/c1-4-16-12-8-11-15(2,3)13-14-9-6-5-7-10-14;/h4-7,9-10H,1,8,11-13H2,2-3H3;1H2/q+1;/p-1. The van der Waals surface area contributed by atoms with Crippen molar-refractivity contribution in [3.63, 3.8) is 0 Å². The van der Waals surface area contributed by atoms with E-state index in [0.717, 1.165) is 30.6 Å². The third-order valence-electron chi connectivity index (χ3n) is 2.60. The SMILES string of the molecule is C=COCCC[N+](C)(C)Cc1ccccc1.[OH-]. The topological polar surface area (TPSA) is 39.2 Å². The second-order valence-corrected chi connectivity index (χ2v) is 4.69. The Morgan fingerprint density at radius 2 is 1.88 bits per heavy atom. The van der Waals surface area contributed by atoms with Gasteiger partial charge in [0, 0.05) is 12.0 Å². The minimum atomic E-state index is 0. The van der Waals surface area contributed by atoms with E-state index in [1.165, 1.54) is 11.8 Å². The van der Waals surface area contributed by atoms with Crippen LogP contribution in [0.3, 0.4) is 0 Å². The van der Waals surface area contributed by atoms with Gasteiger partial charge in [0.25, 0.3) is 0 Å². The van der Waals surface area contributed by atoms with E-state index in [1.807, 2.05) is 0 Å². The second kappa shape index (κ2) is 7.87.